The summed E-state index contributed by atoms with van der Waals surface area (Å²) in [7, 11) is 0. The highest BCUT2D eigenvalue weighted by Crippen LogP contribution is 2.37. The normalized spacial score (nSPS) is 35.5. The minimum absolute atomic E-state index is 0.324. The molecule has 1 aliphatic heterocycles. The molecule has 5 nitrogen and oxygen atoms in total. The van der Waals surface area contributed by atoms with Crippen molar-refractivity contribution in [2.75, 3.05) is 0 Å². The molecule has 0 bridgehead atoms. The van der Waals surface area contributed by atoms with Crippen molar-refractivity contribution in [3.05, 3.63) is 0 Å². The van der Waals surface area contributed by atoms with Gasteiger partial charge in [-0.25, -0.2) is 9.59 Å². The van der Waals surface area contributed by atoms with Gasteiger partial charge in [-0.1, -0.05) is 0 Å². The zero-order valence-corrected chi connectivity index (χ0v) is 5.20. The second-order valence-electron chi connectivity index (χ2n) is 1.82. The Balaban J connectivity index is 2.82. The minimum atomic E-state index is -1.29. The van der Waals surface area contributed by atoms with Crippen molar-refractivity contribution in [2.45, 2.75) is 18.9 Å². The summed E-state index contributed by atoms with van der Waals surface area (Å²) in [6, 6.07) is 0. The first-order valence-corrected chi connectivity index (χ1v) is 2.61. The van der Waals surface area contributed by atoms with Crippen LogP contribution in [0.25, 0.3) is 0 Å². The van der Waals surface area contributed by atoms with Crippen LogP contribution in [0.5, 0.6) is 0 Å². The van der Waals surface area contributed by atoms with Crippen molar-refractivity contribution in [3.8, 4) is 0 Å². The highest BCUT2D eigenvalue weighted by Gasteiger charge is 2.55. The number of hydrogen-bond donors (Lipinski definition) is 0. The molecule has 0 N–H and O–H groups in total. The van der Waals surface area contributed by atoms with Crippen molar-refractivity contribution < 1.29 is 14.3 Å². The molecule has 0 aromatic rings. The fraction of sp³-hybridized carbons (Fsp3) is 0.600. The average Bonchev–Trinajstić information content (AvgIpc) is 2.44. The topological polar surface area (TPSA) is 71.4 Å². The summed E-state index contributed by atoms with van der Waals surface area (Å²) in [6.45, 7) is 1.64. The lowest BCUT2D eigenvalue weighted by atomic mass is 10.4. The fourth-order valence-corrected chi connectivity index (χ4v) is 0.616. The van der Waals surface area contributed by atoms with E-state index in [-0.39, 0.29) is 6.10 Å². The SMILES string of the molecule is CC1OC1(N=C=O)N=C=O. The largest absolute Gasteiger partial charge is 0.322 e. The monoisotopic (exact) mass is 140 g/mol. The summed E-state index contributed by atoms with van der Waals surface area (Å²) in [4.78, 5) is 25.8. The van der Waals surface area contributed by atoms with Crippen LogP contribution in [0, 0.1) is 0 Å². The van der Waals surface area contributed by atoms with Crippen molar-refractivity contribution in [1.29, 1.82) is 0 Å². The molecule has 1 fully saturated rings. The van der Waals surface area contributed by atoms with Gasteiger partial charge in [-0.05, 0) is 6.92 Å². The van der Waals surface area contributed by atoms with Crippen LogP contribution in [0.4, 0.5) is 0 Å². The Kier molecular flexibility index (Phi) is 1.47. The standard InChI is InChI=1S/C5H4N2O3/c1-4-5(10-4,6-2-8)7-3-9/h4H,1H3. The molecule has 10 heavy (non-hydrogen) atoms. The van der Waals surface area contributed by atoms with Gasteiger partial charge in [0.05, 0.1) is 0 Å². The lowest BCUT2D eigenvalue weighted by molar-refractivity contribution is 0.309. The van der Waals surface area contributed by atoms with E-state index in [0.29, 0.717) is 0 Å². The van der Waals surface area contributed by atoms with Gasteiger partial charge >= 0.3 is 5.85 Å². The van der Waals surface area contributed by atoms with Gasteiger partial charge in [0.2, 0.25) is 12.2 Å². The van der Waals surface area contributed by atoms with E-state index < -0.39 is 5.85 Å². The zero-order chi connectivity index (χ0) is 7.61. The van der Waals surface area contributed by atoms with Crippen LogP contribution in [0.3, 0.4) is 0 Å². The van der Waals surface area contributed by atoms with Gasteiger partial charge in [-0.3, -0.25) is 0 Å². The molecule has 1 heterocycles. The summed E-state index contributed by atoms with van der Waals surface area (Å²) < 4.78 is 4.73. The van der Waals surface area contributed by atoms with E-state index in [1.54, 1.807) is 6.92 Å². The second-order valence-corrected chi connectivity index (χ2v) is 1.82. The van der Waals surface area contributed by atoms with Crippen molar-refractivity contribution in [3.63, 3.8) is 0 Å². The first-order valence-electron chi connectivity index (χ1n) is 2.61. The highest BCUT2D eigenvalue weighted by molar-refractivity contribution is 5.40. The summed E-state index contributed by atoms with van der Waals surface area (Å²) in [5.41, 5.74) is 0. The molecule has 1 atom stereocenters. The predicted octanol–water partition coefficient (Wildman–Crippen LogP) is -0.270. The van der Waals surface area contributed by atoms with Crippen LogP contribution in [0.1, 0.15) is 6.92 Å². The van der Waals surface area contributed by atoms with Gasteiger partial charge in [0.25, 0.3) is 0 Å². The van der Waals surface area contributed by atoms with Crippen LogP contribution >= 0.6 is 0 Å². The molecule has 0 aromatic carbocycles. The molecule has 5 heteroatoms. The molecule has 0 aliphatic carbocycles. The van der Waals surface area contributed by atoms with E-state index in [0.717, 1.165) is 0 Å². The van der Waals surface area contributed by atoms with Crippen LogP contribution in [0.15, 0.2) is 9.98 Å². The maximum Gasteiger partial charge on any atom is 0.305 e. The number of isocyanates is 2. The number of epoxide rings is 1. The van der Waals surface area contributed by atoms with Gasteiger partial charge < -0.3 is 4.74 Å². The number of rotatable bonds is 2. The second kappa shape index (κ2) is 2.15. The quantitative estimate of drug-likeness (QED) is 0.301. The molecular weight excluding hydrogens is 136 g/mol. The third kappa shape index (κ3) is 0.890. The number of carbonyl (C=O) groups excluding carboxylic acids is 2. The molecule has 0 amide bonds. The van der Waals surface area contributed by atoms with Gasteiger partial charge in [0, 0.05) is 0 Å². The van der Waals surface area contributed by atoms with Crippen molar-refractivity contribution >= 4 is 12.2 Å². The van der Waals surface area contributed by atoms with E-state index in [1.807, 2.05) is 0 Å². The molecule has 0 radical (unpaired) electrons. The lowest BCUT2D eigenvalue weighted by Crippen LogP contribution is -2.04. The molecular formula is C5H4N2O3. The summed E-state index contributed by atoms with van der Waals surface area (Å²) >= 11 is 0. The maximum atomic E-state index is 9.72. The molecule has 52 valence electrons. The van der Waals surface area contributed by atoms with E-state index in [4.69, 9.17) is 4.74 Å². The maximum absolute atomic E-state index is 9.72. The summed E-state index contributed by atoms with van der Waals surface area (Å²) in [5.74, 6) is -1.29. The van der Waals surface area contributed by atoms with E-state index >= 15 is 0 Å². The summed E-state index contributed by atoms with van der Waals surface area (Å²) in [6.07, 6.45) is 2.20. The number of ether oxygens (including phenoxy) is 1. The molecule has 1 saturated heterocycles. The first kappa shape index (κ1) is 6.83. The summed E-state index contributed by atoms with van der Waals surface area (Å²) in [5, 5.41) is 0. The average molecular weight is 140 g/mol. The predicted molar refractivity (Wildman–Crippen MR) is 29.5 cm³/mol. The molecule has 1 aliphatic rings. The van der Waals surface area contributed by atoms with Crippen LogP contribution < -0.4 is 0 Å². The van der Waals surface area contributed by atoms with Gasteiger partial charge in [0.15, 0.2) is 0 Å². The Bertz CT molecular complexity index is 219. The van der Waals surface area contributed by atoms with Crippen LogP contribution in [-0.2, 0) is 14.3 Å². The van der Waals surface area contributed by atoms with E-state index in [9.17, 15) is 9.59 Å². The fourth-order valence-electron chi connectivity index (χ4n) is 0.616. The minimum Gasteiger partial charge on any atom is -0.322 e. The Morgan fingerprint density at radius 2 is 1.80 bits per heavy atom. The third-order valence-corrected chi connectivity index (χ3v) is 1.23. The van der Waals surface area contributed by atoms with E-state index in [1.165, 1.54) is 12.2 Å². The van der Waals surface area contributed by atoms with Crippen molar-refractivity contribution in [1.82, 2.24) is 0 Å². The lowest BCUT2D eigenvalue weighted by Gasteiger charge is -1.87. The van der Waals surface area contributed by atoms with Crippen LogP contribution in [-0.4, -0.2) is 24.1 Å². The molecule has 1 rings (SSSR count). The number of aliphatic imine (C=N–C) groups is 2. The smallest absolute Gasteiger partial charge is 0.305 e. The van der Waals surface area contributed by atoms with E-state index in [2.05, 4.69) is 9.98 Å². The van der Waals surface area contributed by atoms with Gasteiger partial charge in [-0.2, -0.15) is 0 Å². The number of nitrogens with zero attached hydrogens (tertiary/aromatic N) is 2. The van der Waals surface area contributed by atoms with Gasteiger partial charge in [0.1, 0.15) is 6.10 Å². The van der Waals surface area contributed by atoms with Crippen LogP contribution in [0.2, 0.25) is 0 Å². The Morgan fingerprint density at radius 3 is 2.00 bits per heavy atom. The molecule has 0 spiro atoms. The molecule has 1 unspecified atom stereocenters. The zero-order valence-electron chi connectivity index (χ0n) is 5.20. The first-order chi connectivity index (χ1) is 4.75. The Hall–Kier alpha value is -1.28. The van der Waals surface area contributed by atoms with Crippen molar-refractivity contribution in [2.24, 2.45) is 9.98 Å². The highest BCUT2D eigenvalue weighted by atomic mass is 16.6. The van der Waals surface area contributed by atoms with Gasteiger partial charge in [-0.15, -0.1) is 9.98 Å². The third-order valence-electron chi connectivity index (χ3n) is 1.23. The molecule has 0 saturated carbocycles. The Labute approximate surface area is 56.4 Å². The Morgan fingerprint density at radius 1 is 1.40 bits per heavy atom. The number of hydrogen-bond acceptors (Lipinski definition) is 5. The molecule has 0 aromatic heterocycles.